The van der Waals surface area contributed by atoms with E-state index in [1.807, 2.05) is 0 Å². The SMILES string of the molecule is C[Si](C)(C)O[Si](C)(C)O[Si](C)(C)O[Si](C)(C)O[Si](C)(C)O[Si](C)(C)O[Si](C)(C)O[Si](C)(C)C. The minimum atomic E-state index is -2.52. The van der Waals surface area contributed by atoms with Crippen LogP contribution in [0, 0.1) is 0 Å². The van der Waals surface area contributed by atoms with Gasteiger partial charge >= 0.3 is 51.4 Å². The second-order valence-electron chi connectivity index (χ2n) is 13.3. The van der Waals surface area contributed by atoms with Crippen LogP contribution < -0.4 is 0 Å². The highest BCUT2D eigenvalue weighted by Crippen LogP contribution is 2.29. The monoisotopic (exact) mass is 606 g/mol. The maximum atomic E-state index is 6.64. The van der Waals surface area contributed by atoms with Gasteiger partial charge in [0, 0.05) is 0 Å². The van der Waals surface area contributed by atoms with Crippen molar-refractivity contribution in [2.75, 3.05) is 0 Å². The predicted octanol–water partition coefficient (Wildman–Crippen LogP) is 6.98. The van der Waals surface area contributed by atoms with Crippen molar-refractivity contribution in [1.29, 1.82) is 0 Å². The Morgan fingerprint density at radius 3 is 0.455 bits per heavy atom. The third-order valence-corrected chi connectivity index (χ3v) is 32.1. The molecule has 33 heavy (non-hydrogen) atoms. The van der Waals surface area contributed by atoms with Crippen molar-refractivity contribution in [2.45, 2.75) is 118 Å². The molecule has 0 aromatic heterocycles. The Kier molecular flexibility index (Phi) is 11.5. The Hall–Kier alpha value is 1.46. The first-order chi connectivity index (χ1) is 13.9. The van der Waals surface area contributed by atoms with Crippen LogP contribution in [0.2, 0.25) is 118 Å². The summed E-state index contributed by atoms with van der Waals surface area (Å²) >= 11 is 0. The van der Waals surface area contributed by atoms with Gasteiger partial charge in [0.1, 0.15) is 0 Å². The Morgan fingerprint density at radius 1 is 0.212 bits per heavy atom. The Balaban J connectivity index is 5.27. The maximum Gasteiger partial charge on any atom is 0.314 e. The van der Waals surface area contributed by atoms with Gasteiger partial charge in [0.05, 0.1) is 0 Å². The van der Waals surface area contributed by atoms with Crippen molar-refractivity contribution < 1.29 is 28.8 Å². The summed E-state index contributed by atoms with van der Waals surface area (Å²) in [4.78, 5) is 0. The largest absolute Gasteiger partial charge is 0.437 e. The van der Waals surface area contributed by atoms with Crippen molar-refractivity contribution in [2.24, 2.45) is 0 Å². The third kappa shape index (κ3) is 17.5. The van der Waals surface area contributed by atoms with Crippen molar-refractivity contribution >= 4 is 68.0 Å². The van der Waals surface area contributed by atoms with E-state index in [9.17, 15) is 0 Å². The molecule has 200 valence electrons. The molecular formula is C18H54O7Si8. The lowest BCUT2D eigenvalue weighted by Crippen LogP contribution is -2.61. The number of hydrogen-bond acceptors (Lipinski definition) is 7. The minimum absolute atomic E-state index is 1.69. The molecule has 0 saturated carbocycles. The summed E-state index contributed by atoms with van der Waals surface area (Å²) in [5.41, 5.74) is 0. The van der Waals surface area contributed by atoms with E-state index in [0.717, 1.165) is 0 Å². The molecule has 15 heteroatoms. The smallest absolute Gasteiger partial charge is 0.314 e. The number of hydrogen-bond donors (Lipinski definition) is 0. The second kappa shape index (κ2) is 11.1. The molecule has 0 amide bonds. The fraction of sp³-hybridized carbons (Fsp3) is 1.00. The van der Waals surface area contributed by atoms with Crippen LogP contribution in [-0.2, 0) is 28.8 Å². The lowest BCUT2D eigenvalue weighted by Gasteiger charge is -2.44. The van der Waals surface area contributed by atoms with Crippen LogP contribution in [0.15, 0.2) is 0 Å². The first-order valence-electron chi connectivity index (χ1n) is 11.9. The summed E-state index contributed by atoms with van der Waals surface area (Å²) in [5, 5.41) is 0. The highest BCUT2D eigenvalue weighted by molar-refractivity contribution is 6.92. The molecule has 0 atom stereocenters. The van der Waals surface area contributed by atoms with Gasteiger partial charge in [-0.25, -0.2) is 0 Å². The standard InChI is InChI=1S/C18H54O7Si8/c1-26(2,3)19-28(7,8)21-30(11,12)23-32(15,16)25-33(17,18)24-31(13,14)22-29(9,10)20-27(4,5)6/h1-18H3. The molecule has 7 nitrogen and oxygen atoms in total. The molecule has 0 N–H and O–H groups in total. The Bertz CT molecular complexity index is 587. The fourth-order valence-corrected chi connectivity index (χ4v) is 43.3. The second-order valence-corrected chi connectivity index (χ2v) is 44.3. The van der Waals surface area contributed by atoms with Crippen LogP contribution in [0.1, 0.15) is 0 Å². The van der Waals surface area contributed by atoms with Gasteiger partial charge in [-0.1, -0.05) is 0 Å². The molecule has 0 fully saturated rings. The molecular weight excluding hydrogens is 553 g/mol. The van der Waals surface area contributed by atoms with E-state index in [2.05, 4.69) is 118 Å². The Labute approximate surface area is 214 Å². The topological polar surface area (TPSA) is 64.6 Å². The van der Waals surface area contributed by atoms with E-state index in [1.165, 1.54) is 0 Å². The minimum Gasteiger partial charge on any atom is -0.437 e. The molecule has 0 aliphatic carbocycles. The summed E-state index contributed by atoms with van der Waals surface area (Å²) in [5.74, 6) is 0. The first kappa shape index (κ1) is 34.5. The van der Waals surface area contributed by atoms with Gasteiger partial charge in [-0.2, -0.15) is 0 Å². The highest BCUT2D eigenvalue weighted by atomic mass is 28.5. The van der Waals surface area contributed by atoms with Gasteiger partial charge in [0.25, 0.3) is 0 Å². The molecule has 0 aromatic rings. The van der Waals surface area contributed by atoms with Crippen LogP contribution in [0.4, 0.5) is 0 Å². The van der Waals surface area contributed by atoms with E-state index in [0.29, 0.717) is 0 Å². The summed E-state index contributed by atoms with van der Waals surface area (Å²) < 4.78 is 45.7. The summed E-state index contributed by atoms with van der Waals surface area (Å²) in [6.07, 6.45) is 0. The zero-order valence-electron chi connectivity index (χ0n) is 24.9. The molecule has 0 aromatic carbocycles. The molecule has 0 rings (SSSR count). The van der Waals surface area contributed by atoms with E-state index >= 15 is 0 Å². The predicted molar refractivity (Wildman–Crippen MR) is 159 cm³/mol. The highest BCUT2D eigenvalue weighted by Gasteiger charge is 2.48. The van der Waals surface area contributed by atoms with E-state index < -0.39 is 68.0 Å². The third-order valence-electron chi connectivity index (χ3n) is 3.56. The first-order valence-corrected chi connectivity index (χ1v) is 35.6. The lowest BCUT2D eigenvalue weighted by atomic mass is 11.8. The average molecular weight is 607 g/mol. The molecule has 0 aliphatic rings. The molecule has 0 bridgehead atoms. The molecule has 0 aliphatic heterocycles. The van der Waals surface area contributed by atoms with Crippen molar-refractivity contribution in [3.05, 3.63) is 0 Å². The fourth-order valence-electron chi connectivity index (χ4n) is 4.56. The van der Waals surface area contributed by atoms with Gasteiger partial charge in [-0.3, -0.25) is 0 Å². The van der Waals surface area contributed by atoms with Crippen molar-refractivity contribution in [3.8, 4) is 0 Å². The number of rotatable bonds is 14. The van der Waals surface area contributed by atoms with Crippen LogP contribution in [0.5, 0.6) is 0 Å². The lowest BCUT2D eigenvalue weighted by molar-refractivity contribution is 0.265. The van der Waals surface area contributed by atoms with E-state index in [1.54, 1.807) is 0 Å². The quantitative estimate of drug-likeness (QED) is 0.198. The summed E-state index contributed by atoms with van der Waals surface area (Å²) in [7, 11) is -17.9. The zero-order chi connectivity index (χ0) is 26.9. The average Bonchev–Trinajstić information content (AvgIpc) is 2.20. The van der Waals surface area contributed by atoms with E-state index in [-0.39, 0.29) is 0 Å². The van der Waals surface area contributed by atoms with E-state index in [4.69, 9.17) is 28.8 Å². The molecule has 0 radical (unpaired) electrons. The van der Waals surface area contributed by atoms with Gasteiger partial charge in [-0.05, 0) is 118 Å². The molecule has 0 unspecified atom stereocenters. The Morgan fingerprint density at radius 2 is 0.333 bits per heavy atom. The zero-order valence-corrected chi connectivity index (χ0v) is 32.9. The normalized spacial score (nSPS) is 15.8. The molecule has 0 saturated heterocycles. The molecule has 0 heterocycles. The van der Waals surface area contributed by atoms with Crippen molar-refractivity contribution in [3.63, 3.8) is 0 Å². The van der Waals surface area contributed by atoms with Gasteiger partial charge < -0.3 is 28.8 Å². The van der Waals surface area contributed by atoms with Crippen molar-refractivity contribution in [1.82, 2.24) is 0 Å². The van der Waals surface area contributed by atoms with Crippen LogP contribution in [0.3, 0.4) is 0 Å². The maximum absolute atomic E-state index is 6.64. The van der Waals surface area contributed by atoms with Crippen LogP contribution in [0.25, 0.3) is 0 Å². The summed E-state index contributed by atoms with van der Waals surface area (Å²) in [6, 6.07) is 0. The van der Waals surface area contributed by atoms with Gasteiger partial charge in [0.2, 0.25) is 0 Å². The van der Waals surface area contributed by atoms with Crippen LogP contribution >= 0.6 is 0 Å². The molecule has 0 spiro atoms. The van der Waals surface area contributed by atoms with Gasteiger partial charge in [-0.15, -0.1) is 0 Å². The summed E-state index contributed by atoms with van der Waals surface area (Å²) in [6.45, 7) is 38.3. The van der Waals surface area contributed by atoms with Crippen LogP contribution in [-0.4, -0.2) is 68.0 Å². The van der Waals surface area contributed by atoms with Gasteiger partial charge in [0.15, 0.2) is 16.6 Å².